The van der Waals surface area contributed by atoms with Crippen LogP contribution in [-0.2, 0) is 7.05 Å². The summed E-state index contributed by atoms with van der Waals surface area (Å²) in [4.78, 5) is 20.4. The highest BCUT2D eigenvalue weighted by Crippen LogP contribution is 2.24. The molecule has 1 fully saturated rings. The van der Waals surface area contributed by atoms with Crippen molar-refractivity contribution in [3.8, 4) is 0 Å². The molecule has 6 heteroatoms. The van der Waals surface area contributed by atoms with Crippen LogP contribution in [0.4, 0.5) is 5.95 Å². The van der Waals surface area contributed by atoms with Crippen molar-refractivity contribution in [2.45, 2.75) is 0 Å². The van der Waals surface area contributed by atoms with Crippen LogP contribution in [0, 0.1) is 0 Å². The van der Waals surface area contributed by atoms with Crippen LogP contribution in [0.2, 0.25) is 0 Å². The molecule has 3 rings (SSSR count). The third-order valence-corrected chi connectivity index (χ3v) is 3.90. The Kier molecular flexibility index (Phi) is 3.10. The van der Waals surface area contributed by atoms with E-state index in [1.165, 1.54) is 0 Å². The molecule has 0 bridgehead atoms. The molecule has 1 aromatic carbocycles. The van der Waals surface area contributed by atoms with Gasteiger partial charge in [-0.05, 0) is 19.2 Å². The van der Waals surface area contributed by atoms with Crippen molar-refractivity contribution in [3.05, 3.63) is 23.8 Å². The minimum atomic E-state index is -0.932. The molecule has 1 aliphatic heterocycles. The van der Waals surface area contributed by atoms with Gasteiger partial charge in [0.05, 0.1) is 11.1 Å². The molecule has 0 unspecified atom stereocenters. The summed E-state index contributed by atoms with van der Waals surface area (Å²) in [5.74, 6) is -0.0829. The minimum absolute atomic E-state index is 0.262. The van der Waals surface area contributed by atoms with Gasteiger partial charge in [0, 0.05) is 33.2 Å². The van der Waals surface area contributed by atoms with E-state index in [-0.39, 0.29) is 5.56 Å². The molecule has 6 nitrogen and oxygen atoms in total. The summed E-state index contributed by atoms with van der Waals surface area (Å²) < 4.78 is 1.98. The zero-order chi connectivity index (χ0) is 14.3. The number of aromatic carboxylic acids is 1. The third kappa shape index (κ3) is 2.02. The molecule has 0 atom stereocenters. The second-order valence-corrected chi connectivity index (χ2v) is 5.24. The number of imidazole rings is 1. The zero-order valence-electron chi connectivity index (χ0n) is 11.7. The quantitative estimate of drug-likeness (QED) is 0.886. The Morgan fingerprint density at radius 3 is 2.55 bits per heavy atom. The molecule has 2 aromatic rings. The van der Waals surface area contributed by atoms with E-state index in [0.717, 1.165) is 37.6 Å². The normalized spacial score (nSPS) is 16.8. The van der Waals surface area contributed by atoms with E-state index in [2.05, 4.69) is 21.8 Å². The molecule has 2 heterocycles. The number of carboxylic acid groups (broad SMARTS) is 1. The number of fused-ring (bicyclic) bond motifs is 1. The monoisotopic (exact) mass is 274 g/mol. The van der Waals surface area contributed by atoms with Crippen molar-refractivity contribution in [3.63, 3.8) is 0 Å². The van der Waals surface area contributed by atoms with Crippen molar-refractivity contribution in [1.29, 1.82) is 0 Å². The number of hydrogen-bond acceptors (Lipinski definition) is 4. The van der Waals surface area contributed by atoms with Crippen molar-refractivity contribution in [2.24, 2.45) is 7.05 Å². The van der Waals surface area contributed by atoms with E-state index in [1.807, 2.05) is 17.7 Å². The van der Waals surface area contributed by atoms with Gasteiger partial charge in [-0.25, -0.2) is 9.78 Å². The molecular formula is C14H18N4O2. The van der Waals surface area contributed by atoms with Gasteiger partial charge in [-0.2, -0.15) is 0 Å². The number of aromatic nitrogens is 2. The van der Waals surface area contributed by atoms with Crippen LogP contribution < -0.4 is 4.90 Å². The van der Waals surface area contributed by atoms with E-state index in [1.54, 1.807) is 12.1 Å². The Balaban J connectivity index is 2.06. The van der Waals surface area contributed by atoms with Crippen LogP contribution in [0.5, 0.6) is 0 Å². The summed E-state index contributed by atoms with van der Waals surface area (Å²) >= 11 is 0. The van der Waals surface area contributed by atoms with Crippen LogP contribution in [0.3, 0.4) is 0 Å². The van der Waals surface area contributed by atoms with E-state index in [0.29, 0.717) is 5.52 Å². The van der Waals surface area contributed by atoms with Crippen LogP contribution in [0.25, 0.3) is 11.0 Å². The minimum Gasteiger partial charge on any atom is -0.478 e. The summed E-state index contributed by atoms with van der Waals surface area (Å²) in [6.45, 7) is 3.82. The van der Waals surface area contributed by atoms with Gasteiger partial charge in [0.2, 0.25) is 5.95 Å². The number of para-hydroxylation sites is 1. The van der Waals surface area contributed by atoms with Gasteiger partial charge in [0.1, 0.15) is 5.52 Å². The molecule has 1 N–H and O–H groups in total. The van der Waals surface area contributed by atoms with Gasteiger partial charge in [0.15, 0.2) is 0 Å². The number of rotatable bonds is 2. The molecule has 0 radical (unpaired) electrons. The number of anilines is 1. The maximum atomic E-state index is 11.3. The maximum absolute atomic E-state index is 11.3. The number of carboxylic acids is 1. The second kappa shape index (κ2) is 4.79. The van der Waals surface area contributed by atoms with E-state index in [4.69, 9.17) is 0 Å². The summed E-state index contributed by atoms with van der Waals surface area (Å²) in [7, 11) is 4.05. The number of aryl methyl sites for hydroxylation is 1. The molecule has 1 aromatic heterocycles. The summed E-state index contributed by atoms with van der Waals surface area (Å²) in [5.41, 5.74) is 1.69. The largest absolute Gasteiger partial charge is 0.478 e. The molecule has 1 aliphatic rings. The van der Waals surface area contributed by atoms with Gasteiger partial charge >= 0.3 is 5.97 Å². The molecule has 1 saturated heterocycles. The summed E-state index contributed by atoms with van der Waals surface area (Å²) in [5, 5.41) is 9.26. The molecule has 20 heavy (non-hydrogen) atoms. The Morgan fingerprint density at radius 2 is 1.90 bits per heavy atom. The average Bonchev–Trinajstić information content (AvgIpc) is 2.77. The SMILES string of the molecule is CN1CCN(c2nc3c(C(=O)O)cccc3n2C)CC1. The van der Waals surface area contributed by atoms with E-state index >= 15 is 0 Å². The Bertz CT molecular complexity index is 656. The molecular weight excluding hydrogens is 256 g/mol. The van der Waals surface area contributed by atoms with Crippen LogP contribution >= 0.6 is 0 Å². The molecule has 106 valence electrons. The Labute approximate surface area is 117 Å². The topological polar surface area (TPSA) is 61.6 Å². The lowest BCUT2D eigenvalue weighted by Crippen LogP contribution is -2.45. The summed E-state index contributed by atoms with van der Waals surface area (Å²) in [6.07, 6.45) is 0. The number of benzene rings is 1. The standard InChI is InChI=1S/C14H18N4O2/c1-16-6-8-18(9-7-16)14-15-12-10(13(19)20)4-3-5-11(12)17(14)2/h3-5H,6-9H2,1-2H3,(H,19,20). The Morgan fingerprint density at radius 1 is 1.20 bits per heavy atom. The lowest BCUT2D eigenvalue weighted by atomic mass is 10.2. The Hall–Kier alpha value is -2.08. The predicted molar refractivity (Wildman–Crippen MR) is 77.4 cm³/mol. The average molecular weight is 274 g/mol. The maximum Gasteiger partial charge on any atom is 0.337 e. The van der Waals surface area contributed by atoms with Crippen molar-refractivity contribution in [2.75, 3.05) is 38.1 Å². The van der Waals surface area contributed by atoms with Gasteiger partial charge in [0.25, 0.3) is 0 Å². The number of nitrogens with zero attached hydrogens (tertiary/aromatic N) is 4. The second-order valence-electron chi connectivity index (χ2n) is 5.24. The predicted octanol–water partition coefficient (Wildman–Crippen LogP) is 1.02. The van der Waals surface area contributed by atoms with Gasteiger partial charge < -0.3 is 19.5 Å². The molecule has 0 spiro atoms. The van der Waals surface area contributed by atoms with E-state index in [9.17, 15) is 9.90 Å². The van der Waals surface area contributed by atoms with Crippen molar-refractivity contribution >= 4 is 23.0 Å². The first-order valence-electron chi connectivity index (χ1n) is 6.70. The number of hydrogen-bond donors (Lipinski definition) is 1. The summed E-state index contributed by atoms with van der Waals surface area (Å²) in [6, 6.07) is 5.28. The number of likely N-dealkylation sites (N-methyl/N-ethyl adjacent to an activating group) is 1. The highest BCUT2D eigenvalue weighted by Gasteiger charge is 2.21. The van der Waals surface area contributed by atoms with Crippen molar-refractivity contribution in [1.82, 2.24) is 14.5 Å². The zero-order valence-corrected chi connectivity index (χ0v) is 11.7. The first-order chi connectivity index (χ1) is 9.58. The fourth-order valence-electron chi connectivity index (χ4n) is 2.66. The fraction of sp³-hybridized carbons (Fsp3) is 0.429. The molecule has 0 amide bonds. The number of carbonyl (C=O) groups is 1. The smallest absolute Gasteiger partial charge is 0.337 e. The molecule has 0 saturated carbocycles. The van der Waals surface area contributed by atoms with Crippen LogP contribution in [0.15, 0.2) is 18.2 Å². The van der Waals surface area contributed by atoms with Gasteiger partial charge in [-0.3, -0.25) is 0 Å². The molecule has 0 aliphatic carbocycles. The highest BCUT2D eigenvalue weighted by atomic mass is 16.4. The fourth-order valence-corrected chi connectivity index (χ4v) is 2.66. The van der Waals surface area contributed by atoms with E-state index < -0.39 is 5.97 Å². The van der Waals surface area contributed by atoms with Gasteiger partial charge in [-0.15, -0.1) is 0 Å². The lowest BCUT2D eigenvalue weighted by molar-refractivity contribution is 0.0699. The third-order valence-electron chi connectivity index (χ3n) is 3.90. The first-order valence-corrected chi connectivity index (χ1v) is 6.70. The van der Waals surface area contributed by atoms with Crippen molar-refractivity contribution < 1.29 is 9.90 Å². The first kappa shape index (κ1) is 12.9. The van der Waals surface area contributed by atoms with Gasteiger partial charge in [-0.1, -0.05) is 6.07 Å². The highest BCUT2D eigenvalue weighted by molar-refractivity contribution is 6.01. The van der Waals surface area contributed by atoms with Crippen LogP contribution in [0.1, 0.15) is 10.4 Å². The number of piperazine rings is 1. The van der Waals surface area contributed by atoms with Crippen LogP contribution in [-0.4, -0.2) is 58.8 Å². The lowest BCUT2D eigenvalue weighted by Gasteiger charge is -2.32.